The van der Waals surface area contributed by atoms with Crippen molar-refractivity contribution in [1.82, 2.24) is 5.32 Å². The first-order valence-corrected chi connectivity index (χ1v) is 9.97. The number of nitrogens with one attached hydrogen (secondary N) is 2. The summed E-state index contributed by atoms with van der Waals surface area (Å²) in [6.07, 6.45) is 2.93. The Kier molecular flexibility index (Phi) is 8.81. The molecule has 2 N–H and O–H groups in total. The summed E-state index contributed by atoms with van der Waals surface area (Å²) >= 11 is 0. The van der Waals surface area contributed by atoms with Crippen molar-refractivity contribution in [3.05, 3.63) is 65.7 Å². The minimum absolute atomic E-state index is 0.397. The van der Waals surface area contributed by atoms with Gasteiger partial charge in [-0.25, -0.2) is 4.79 Å². The predicted molar refractivity (Wildman–Crippen MR) is 120 cm³/mol. The molecule has 0 heterocycles. The minimum atomic E-state index is -0.897. The fraction of sp³-hybridized carbons (Fsp3) is 0.292. The second-order valence-electron chi connectivity index (χ2n) is 7.27. The first kappa shape index (κ1) is 23.7. The van der Waals surface area contributed by atoms with E-state index in [9.17, 15) is 14.4 Å². The molecule has 2 rings (SSSR count). The van der Waals surface area contributed by atoms with Gasteiger partial charge in [0, 0.05) is 11.8 Å². The van der Waals surface area contributed by atoms with Gasteiger partial charge in [0.25, 0.3) is 5.91 Å². The van der Waals surface area contributed by atoms with Crippen LogP contribution in [0.2, 0.25) is 0 Å². The molecule has 0 aliphatic carbocycles. The number of ether oxygens (including phenoxy) is 2. The molecule has 1 atom stereocenters. The van der Waals surface area contributed by atoms with Crippen molar-refractivity contribution in [3.63, 3.8) is 0 Å². The summed E-state index contributed by atoms with van der Waals surface area (Å²) in [5.74, 6) is -0.488. The standard InChI is InChI=1S/C24H28N2O5/c1-16(2)19-8-10-20(11-9-19)26-23(28)15-31-24(29)17(3)25-22(27)14-7-18-5-12-21(30-4)13-6-18/h5-14,16-17H,15H2,1-4H3,(H,25,27)(H,26,28)/b14-7+/t17-/m0/s1. The molecule has 164 valence electrons. The van der Waals surface area contributed by atoms with Gasteiger partial charge < -0.3 is 20.1 Å². The number of methoxy groups -OCH3 is 1. The topological polar surface area (TPSA) is 93.7 Å². The number of carbonyl (C=O) groups is 3. The molecular formula is C24H28N2O5. The van der Waals surface area contributed by atoms with E-state index in [1.807, 2.05) is 12.1 Å². The highest BCUT2D eigenvalue weighted by molar-refractivity contribution is 5.96. The number of anilines is 1. The van der Waals surface area contributed by atoms with E-state index >= 15 is 0 Å². The maximum Gasteiger partial charge on any atom is 0.328 e. The third kappa shape index (κ3) is 7.97. The van der Waals surface area contributed by atoms with Gasteiger partial charge in [0.05, 0.1) is 7.11 Å². The number of hydrogen-bond acceptors (Lipinski definition) is 5. The maximum atomic E-state index is 12.0. The molecular weight excluding hydrogens is 396 g/mol. The van der Waals surface area contributed by atoms with Crippen molar-refractivity contribution in [2.75, 3.05) is 19.0 Å². The van der Waals surface area contributed by atoms with Crippen LogP contribution >= 0.6 is 0 Å². The van der Waals surface area contributed by atoms with Crippen LogP contribution < -0.4 is 15.4 Å². The molecule has 0 fully saturated rings. The Bertz CT molecular complexity index is 918. The molecule has 0 aliphatic rings. The van der Waals surface area contributed by atoms with Gasteiger partial charge in [0.15, 0.2) is 6.61 Å². The van der Waals surface area contributed by atoms with Crippen LogP contribution in [0.5, 0.6) is 5.75 Å². The van der Waals surface area contributed by atoms with Crippen LogP contribution in [0.25, 0.3) is 6.08 Å². The Morgan fingerprint density at radius 2 is 1.61 bits per heavy atom. The lowest BCUT2D eigenvalue weighted by molar-refractivity contribution is -0.149. The van der Waals surface area contributed by atoms with Crippen LogP contribution in [0.1, 0.15) is 37.8 Å². The smallest absolute Gasteiger partial charge is 0.328 e. The normalized spacial score (nSPS) is 11.8. The number of rotatable bonds is 9. The molecule has 2 aromatic carbocycles. The zero-order valence-corrected chi connectivity index (χ0v) is 18.2. The van der Waals surface area contributed by atoms with E-state index < -0.39 is 30.4 Å². The number of amides is 2. The molecule has 7 nitrogen and oxygen atoms in total. The minimum Gasteiger partial charge on any atom is -0.497 e. The number of carbonyl (C=O) groups excluding carboxylic acids is 3. The lowest BCUT2D eigenvalue weighted by Gasteiger charge is -2.12. The van der Waals surface area contributed by atoms with Crippen LogP contribution in [-0.4, -0.2) is 37.5 Å². The summed E-state index contributed by atoms with van der Waals surface area (Å²) in [4.78, 5) is 36.0. The summed E-state index contributed by atoms with van der Waals surface area (Å²) in [6.45, 7) is 5.22. The lowest BCUT2D eigenvalue weighted by atomic mass is 10.0. The van der Waals surface area contributed by atoms with E-state index in [4.69, 9.17) is 9.47 Å². The highest BCUT2D eigenvalue weighted by Crippen LogP contribution is 2.17. The second-order valence-corrected chi connectivity index (χ2v) is 7.27. The average molecular weight is 424 g/mol. The molecule has 7 heteroatoms. The Labute approximate surface area is 182 Å². The molecule has 2 amide bonds. The zero-order valence-electron chi connectivity index (χ0n) is 18.2. The lowest BCUT2D eigenvalue weighted by Crippen LogP contribution is -2.39. The van der Waals surface area contributed by atoms with Crippen molar-refractivity contribution in [3.8, 4) is 5.75 Å². The highest BCUT2D eigenvalue weighted by atomic mass is 16.5. The SMILES string of the molecule is COc1ccc(/C=C/C(=O)N[C@@H](C)C(=O)OCC(=O)Nc2ccc(C(C)C)cc2)cc1. The quantitative estimate of drug-likeness (QED) is 0.475. The van der Waals surface area contributed by atoms with Crippen molar-refractivity contribution >= 4 is 29.5 Å². The molecule has 2 aromatic rings. The van der Waals surface area contributed by atoms with Gasteiger partial charge in [0.2, 0.25) is 5.91 Å². The van der Waals surface area contributed by atoms with E-state index in [1.54, 1.807) is 49.6 Å². The molecule has 0 saturated heterocycles. The van der Waals surface area contributed by atoms with Gasteiger partial charge >= 0.3 is 5.97 Å². The first-order valence-electron chi connectivity index (χ1n) is 9.97. The number of hydrogen-bond donors (Lipinski definition) is 2. The second kappa shape index (κ2) is 11.5. The van der Waals surface area contributed by atoms with Gasteiger partial charge in [0.1, 0.15) is 11.8 Å². The first-order chi connectivity index (χ1) is 14.8. The molecule has 0 unspecified atom stereocenters. The Morgan fingerprint density at radius 3 is 2.19 bits per heavy atom. The van der Waals surface area contributed by atoms with Crippen molar-refractivity contribution in [1.29, 1.82) is 0 Å². The number of benzene rings is 2. The van der Waals surface area contributed by atoms with Crippen molar-refractivity contribution in [2.45, 2.75) is 32.7 Å². The van der Waals surface area contributed by atoms with Crippen LogP contribution in [0.4, 0.5) is 5.69 Å². The van der Waals surface area contributed by atoms with Gasteiger partial charge in [-0.3, -0.25) is 9.59 Å². The Morgan fingerprint density at radius 1 is 0.968 bits per heavy atom. The Balaban J connectivity index is 1.75. The fourth-order valence-corrected chi connectivity index (χ4v) is 2.62. The summed E-state index contributed by atoms with van der Waals surface area (Å²) in [6, 6.07) is 13.7. The zero-order chi connectivity index (χ0) is 22.8. The molecule has 0 bridgehead atoms. The summed E-state index contributed by atoms with van der Waals surface area (Å²) in [7, 11) is 1.58. The van der Waals surface area contributed by atoms with E-state index in [0.717, 1.165) is 16.9 Å². The van der Waals surface area contributed by atoms with Crippen LogP contribution in [-0.2, 0) is 19.1 Å². The Hall–Kier alpha value is -3.61. The monoisotopic (exact) mass is 424 g/mol. The fourth-order valence-electron chi connectivity index (χ4n) is 2.62. The van der Waals surface area contributed by atoms with Crippen LogP contribution in [0.15, 0.2) is 54.6 Å². The van der Waals surface area contributed by atoms with E-state index in [0.29, 0.717) is 11.6 Å². The predicted octanol–water partition coefficient (Wildman–Crippen LogP) is 3.52. The molecule has 0 radical (unpaired) electrons. The summed E-state index contributed by atoms with van der Waals surface area (Å²) < 4.78 is 10.1. The van der Waals surface area contributed by atoms with E-state index in [2.05, 4.69) is 24.5 Å². The van der Waals surface area contributed by atoms with Gasteiger partial charge in [-0.1, -0.05) is 38.1 Å². The van der Waals surface area contributed by atoms with Gasteiger partial charge in [-0.15, -0.1) is 0 Å². The van der Waals surface area contributed by atoms with Crippen LogP contribution in [0, 0.1) is 0 Å². The van der Waals surface area contributed by atoms with Crippen molar-refractivity contribution in [2.24, 2.45) is 0 Å². The van der Waals surface area contributed by atoms with Crippen molar-refractivity contribution < 1.29 is 23.9 Å². The van der Waals surface area contributed by atoms with Crippen LogP contribution in [0.3, 0.4) is 0 Å². The molecule has 31 heavy (non-hydrogen) atoms. The average Bonchev–Trinajstić information content (AvgIpc) is 2.76. The summed E-state index contributed by atoms with van der Waals surface area (Å²) in [5, 5.41) is 5.17. The molecule has 0 saturated carbocycles. The molecule has 0 aliphatic heterocycles. The van der Waals surface area contributed by atoms with Gasteiger partial charge in [-0.05, 0) is 54.3 Å². The maximum absolute atomic E-state index is 12.0. The largest absolute Gasteiger partial charge is 0.497 e. The molecule has 0 aromatic heterocycles. The van der Waals surface area contributed by atoms with Gasteiger partial charge in [-0.2, -0.15) is 0 Å². The van der Waals surface area contributed by atoms with E-state index in [1.165, 1.54) is 13.0 Å². The third-order valence-electron chi connectivity index (χ3n) is 4.46. The highest BCUT2D eigenvalue weighted by Gasteiger charge is 2.17. The number of esters is 1. The third-order valence-corrected chi connectivity index (χ3v) is 4.46. The van der Waals surface area contributed by atoms with E-state index in [-0.39, 0.29) is 0 Å². The summed E-state index contributed by atoms with van der Waals surface area (Å²) in [5.41, 5.74) is 2.59. The molecule has 0 spiro atoms.